The second-order valence-corrected chi connectivity index (χ2v) is 11.5. The minimum absolute atomic E-state index is 0.0352. The van der Waals surface area contributed by atoms with E-state index in [1.165, 1.54) is 0 Å². The lowest BCUT2D eigenvalue weighted by Gasteiger charge is -2.34. The molecule has 1 unspecified atom stereocenters. The summed E-state index contributed by atoms with van der Waals surface area (Å²) in [5.41, 5.74) is 2.61. The van der Waals surface area contributed by atoms with Crippen LogP contribution < -0.4 is 10.1 Å². The summed E-state index contributed by atoms with van der Waals surface area (Å²) < 4.78 is 20.0. The van der Waals surface area contributed by atoms with Crippen LogP contribution in [-0.2, 0) is 15.0 Å². The number of benzene rings is 1. The van der Waals surface area contributed by atoms with Gasteiger partial charge in [0.2, 0.25) is 0 Å². The fraction of sp³-hybridized carbons (Fsp3) is 0.567. The Morgan fingerprint density at radius 3 is 2.47 bits per heavy atom. The maximum absolute atomic E-state index is 12.7. The van der Waals surface area contributed by atoms with Crippen molar-refractivity contribution < 1.29 is 19.0 Å². The van der Waals surface area contributed by atoms with Crippen molar-refractivity contribution in [2.75, 3.05) is 6.61 Å². The van der Waals surface area contributed by atoms with Crippen LogP contribution in [0.4, 0.5) is 4.79 Å². The molecule has 3 heterocycles. The predicted octanol–water partition coefficient (Wildman–Crippen LogP) is 6.88. The summed E-state index contributed by atoms with van der Waals surface area (Å²) in [6.07, 6.45) is 10.3. The van der Waals surface area contributed by atoms with Gasteiger partial charge in [-0.15, -0.1) is 0 Å². The number of nitrogens with one attached hydrogen (secondary N) is 1. The predicted molar refractivity (Wildman–Crippen MR) is 147 cm³/mol. The number of fused-ring (bicyclic) bond motifs is 1. The standard InChI is InChI=1S/C30H40N4O4/c1-6-30(7-2,33-28(35)38-29(3,4)5)20-11-15-24(31-18-20)22-14-16-25-23(27(22)37-21-12-13-21)19-32-34(25)26-10-8-9-17-36-26/h11,14-16,18-19,21,26H,6-10,12-13,17H2,1-5H3,(H,33,35). The van der Waals surface area contributed by atoms with E-state index in [0.29, 0.717) is 12.8 Å². The topological polar surface area (TPSA) is 87.5 Å². The lowest BCUT2D eigenvalue weighted by Crippen LogP contribution is -2.47. The van der Waals surface area contributed by atoms with Crippen LogP contribution in [-0.4, -0.2) is 39.2 Å². The van der Waals surface area contributed by atoms with Crippen LogP contribution in [0.2, 0.25) is 0 Å². The van der Waals surface area contributed by atoms with Gasteiger partial charge in [0.15, 0.2) is 6.23 Å². The molecule has 1 aliphatic carbocycles. The molecule has 1 saturated heterocycles. The molecular formula is C30H40N4O4. The van der Waals surface area contributed by atoms with Gasteiger partial charge < -0.3 is 19.5 Å². The second-order valence-electron chi connectivity index (χ2n) is 11.5. The van der Waals surface area contributed by atoms with Gasteiger partial charge in [0.05, 0.1) is 34.4 Å². The number of carbonyl (C=O) groups excluding carboxylic acids is 1. The highest BCUT2D eigenvalue weighted by atomic mass is 16.6. The third kappa shape index (κ3) is 5.51. The summed E-state index contributed by atoms with van der Waals surface area (Å²) in [5, 5.41) is 8.80. The Bertz CT molecular complexity index is 1260. The Balaban J connectivity index is 1.47. The SMILES string of the molecule is CCC(CC)(NC(=O)OC(C)(C)C)c1ccc(-c2ccc3c(cnn3C3CCCCO3)c2OC2CC2)nc1. The second kappa shape index (κ2) is 10.6. The van der Waals surface area contributed by atoms with Crippen molar-refractivity contribution in [2.24, 2.45) is 0 Å². The monoisotopic (exact) mass is 520 g/mol. The number of rotatable bonds is 8. The lowest BCUT2D eigenvalue weighted by atomic mass is 9.85. The summed E-state index contributed by atoms with van der Waals surface area (Å²) in [4.78, 5) is 17.5. The fourth-order valence-corrected chi connectivity index (χ4v) is 5.17. The van der Waals surface area contributed by atoms with Gasteiger partial charge in [-0.3, -0.25) is 4.98 Å². The molecule has 1 aliphatic heterocycles. The van der Waals surface area contributed by atoms with Crippen molar-refractivity contribution in [3.05, 3.63) is 42.2 Å². The van der Waals surface area contributed by atoms with Gasteiger partial charge in [-0.05, 0) is 89.5 Å². The Kier molecular flexibility index (Phi) is 7.36. The Morgan fingerprint density at radius 2 is 1.87 bits per heavy atom. The molecule has 1 aromatic carbocycles. The fourth-order valence-electron chi connectivity index (χ4n) is 5.17. The molecule has 1 amide bonds. The quantitative estimate of drug-likeness (QED) is 0.348. The van der Waals surface area contributed by atoms with Gasteiger partial charge in [-0.2, -0.15) is 5.10 Å². The molecule has 8 heteroatoms. The van der Waals surface area contributed by atoms with Crippen molar-refractivity contribution in [1.29, 1.82) is 0 Å². The molecule has 1 atom stereocenters. The first-order valence-corrected chi connectivity index (χ1v) is 14.0. The Hall–Kier alpha value is -3.13. The van der Waals surface area contributed by atoms with Crippen molar-refractivity contribution >= 4 is 17.0 Å². The molecule has 3 aromatic rings. The van der Waals surface area contributed by atoms with Crippen LogP contribution in [0.15, 0.2) is 36.7 Å². The zero-order chi connectivity index (χ0) is 26.9. The first-order chi connectivity index (χ1) is 18.2. The number of carbonyl (C=O) groups is 1. The minimum Gasteiger partial charge on any atom is -0.489 e. The number of pyridine rings is 1. The largest absolute Gasteiger partial charge is 0.489 e. The van der Waals surface area contributed by atoms with Gasteiger partial charge in [-0.1, -0.05) is 19.9 Å². The number of hydrogen-bond acceptors (Lipinski definition) is 6. The Labute approximate surface area is 225 Å². The summed E-state index contributed by atoms with van der Waals surface area (Å²) in [5.74, 6) is 0.830. The van der Waals surface area contributed by atoms with Crippen molar-refractivity contribution in [1.82, 2.24) is 20.1 Å². The van der Waals surface area contributed by atoms with E-state index in [2.05, 4.69) is 37.4 Å². The molecule has 1 saturated carbocycles. The summed E-state index contributed by atoms with van der Waals surface area (Å²) in [6, 6.07) is 8.24. The first-order valence-electron chi connectivity index (χ1n) is 14.0. The van der Waals surface area contributed by atoms with E-state index >= 15 is 0 Å². The molecule has 38 heavy (non-hydrogen) atoms. The molecule has 204 valence electrons. The third-order valence-corrected chi connectivity index (χ3v) is 7.51. The normalized spacial score (nSPS) is 18.4. The highest BCUT2D eigenvalue weighted by Crippen LogP contribution is 2.41. The lowest BCUT2D eigenvalue weighted by molar-refractivity contribution is -0.0366. The Morgan fingerprint density at radius 1 is 1.08 bits per heavy atom. The zero-order valence-corrected chi connectivity index (χ0v) is 23.3. The average Bonchev–Trinajstić information content (AvgIpc) is 3.62. The molecule has 1 N–H and O–H groups in total. The van der Waals surface area contributed by atoms with Crippen molar-refractivity contribution in [3.63, 3.8) is 0 Å². The van der Waals surface area contributed by atoms with Crippen molar-refractivity contribution in [2.45, 2.75) is 103 Å². The van der Waals surface area contributed by atoms with Crippen LogP contribution in [0, 0.1) is 0 Å². The highest BCUT2D eigenvalue weighted by molar-refractivity contribution is 5.92. The number of nitrogens with zero attached hydrogens (tertiary/aromatic N) is 3. The molecule has 2 aliphatic rings. The number of ether oxygens (including phenoxy) is 3. The van der Waals surface area contributed by atoms with Gasteiger partial charge in [-0.25, -0.2) is 9.48 Å². The van der Waals surface area contributed by atoms with Gasteiger partial charge in [0, 0.05) is 18.4 Å². The van der Waals surface area contributed by atoms with Crippen LogP contribution in [0.3, 0.4) is 0 Å². The summed E-state index contributed by atoms with van der Waals surface area (Å²) >= 11 is 0. The molecular weight excluding hydrogens is 480 g/mol. The minimum atomic E-state index is -0.563. The van der Waals surface area contributed by atoms with Crippen LogP contribution in [0.1, 0.15) is 91.4 Å². The number of amides is 1. The molecule has 0 spiro atoms. The molecule has 8 nitrogen and oxygen atoms in total. The van der Waals surface area contributed by atoms with Crippen LogP contribution in [0.5, 0.6) is 5.75 Å². The maximum Gasteiger partial charge on any atom is 0.408 e. The van der Waals surface area contributed by atoms with Gasteiger partial charge in [0.1, 0.15) is 11.4 Å². The van der Waals surface area contributed by atoms with Crippen LogP contribution in [0.25, 0.3) is 22.2 Å². The zero-order valence-electron chi connectivity index (χ0n) is 23.3. The van der Waals surface area contributed by atoms with Gasteiger partial charge >= 0.3 is 6.09 Å². The summed E-state index contributed by atoms with van der Waals surface area (Å²) in [7, 11) is 0. The number of hydrogen-bond donors (Lipinski definition) is 1. The van der Waals surface area contributed by atoms with Gasteiger partial charge in [0.25, 0.3) is 0 Å². The van der Waals surface area contributed by atoms with E-state index < -0.39 is 17.2 Å². The van der Waals surface area contributed by atoms with Crippen molar-refractivity contribution in [3.8, 4) is 17.0 Å². The van der Waals surface area contributed by atoms with E-state index in [4.69, 9.17) is 24.3 Å². The first kappa shape index (κ1) is 26.5. The number of aromatic nitrogens is 3. The van der Waals surface area contributed by atoms with E-state index in [1.807, 2.05) is 43.9 Å². The van der Waals surface area contributed by atoms with E-state index in [9.17, 15) is 4.79 Å². The molecule has 0 bridgehead atoms. The smallest absolute Gasteiger partial charge is 0.408 e. The summed E-state index contributed by atoms with van der Waals surface area (Å²) in [6.45, 7) is 10.5. The molecule has 5 rings (SSSR count). The third-order valence-electron chi connectivity index (χ3n) is 7.51. The number of alkyl carbamates (subject to hydrolysis) is 1. The maximum atomic E-state index is 12.7. The van der Waals surface area contributed by atoms with Crippen LogP contribution >= 0.6 is 0 Å². The highest BCUT2D eigenvalue weighted by Gasteiger charge is 2.33. The molecule has 2 aromatic heterocycles. The molecule has 0 radical (unpaired) electrons. The average molecular weight is 521 g/mol. The van der Waals surface area contributed by atoms with E-state index in [-0.39, 0.29) is 12.3 Å². The molecule has 2 fully saturated rings. The van der Waals surface area contributed by atoms with E-state index in [0.717, 1.165) is 72.2 Å². The van der Waals surface area contributed by atoms with E-state index in [1.54, 1.807) is 0 Å².